The second-order valence-corrected chi connectivity index (χ2v) is 5.67. The van der Waals surface area contributed by atoms with Crippen LogP contribution in [-0.4, -0.2) is 23.7 Å². The van der Waals surface area contributed by atoms with Gasteiger partial charge in [-0.2, -0.15) is 0 Å². The fourth-order valence-electron chi connectivity index (χ4n) is 1.35. The molecular formula is C12H14Cl2FNO2S. The van der Waals surface area contributed by atoms with Crippen molar-refractivity contribution in [3.05, 3.63) is 23.0 Å². The van der Waals surface area contributed by atoms with Gasteiger partial charge in [0.25, 0.3) is 0 Å². The highest BCUT2D eigenvalue weighted by Crippen LogP contribution is 2.35. The highest BCUT2D eigenvalue weighted by atomic mass is 35.5. The Morgan fingerprint density at radius 2 is 2.26 bits per heavy atom. The smallest absolute Gasteiger partial charge is 0.319 e. The number of thioether (sulfide) groups is 1. The number of rotatable bonds is 6. The summed E-state index contributed by atoms with van der Waals surface area (Å²) >= 11 is 12.8. The van der Waals surface area contributed by atoms with Crippen LogP contribution in [0.2, 0.25) is 5.02 Å². The Morgan fingerprint density at radius 1 is 1.58 bits per heavy atom. The van der Waals surface area contributed by atoms with Gasteiger partial charge < -0.3 is 10.5 Å². The van der Waals surface area contributed by atoms with E-state index in [1.807, 2.05) is 0 Å². The van der Waals surface area contributed by atoms with Crippen molar-refractivity contribution < 1.29 is 13.9 Å². The number of nitrogens with two attached hydrogens (primary N) is 1. The molecule has 0 aromatic heterocycles. The van der Waals surface area contributed by atoms with Crippen LogP contribution in [0.3, 0.4) is 0 Å². The van der Waals surface area contributed by atoms with Gasteiger partial charge in [-0.05, 0) is 25.5 Å². The van der Waals surface area contributed by atoms with Crippen LogP contribution in [0.25, 0.3) is 0 Å². The minimum atomic E-state index is -0.584. The number of carbonyl (C=O) groups is 1. The largest absolute Gasteiger partial charge is 0.465 e. The van der Waals surface area contributed by atoms with E-state index in [1.54, 1.807) is 6.92 Å². The lowest BCUT2D eigenvalue weighted by atomic mass is 10.3. The van der Waals surface area contributed by atoms with E-state index in [4.69, 9.17) is 33.7 Å². The summed E-state index contributed by atoms with van der Waals surface area (Å²) in [5.41, 5.74) is 5.47. The van der Waals surface area contributed by atoms with Crippen molar-refractivity contribution in [3.8, 4) is 0 Å². The van der Waals surface area contributed by atoms with Crippen molar-refractivity contribution in [1.29, 1.82) is 0 Å². The van der Waals surface area contributed by atoms with E-state index in [-0.39, 0.29) is 23.3 Å². The molecule has 0 amide bonds. The van der Waals surface area contributed by atoms with Gasteiger partial charge in [-0.1, -0.05) is 11.6 Å². The number of carbonyl (C=O) groups excluding carboxylic acids is 1. The van der Waals surface area contributed by atoms with E-state index < -0.39 is 11.1 Å². The molecule has 0 saturated carbocycles. The molecule has 0 radical (unpaired) electrons. The molecule has 7 heteroatoms. The number of anilines is 1. The van der Waals surface area contributed by atoms with E-state index in [9.17, 15) is 9.18 Å². The lowest BCUT2D eigenvalue weighted by Gasteiger charge is -2.15. The van der Waals surface area contributed by atoms with Gasteiger partial charge in [0.2, 0.25) is 0 Å². The first kappa shape index (κ1) is 16.4. The van der Waals surface area contributed by atoms with Crippen LogP contribution < -0.4 is 5.73 Å². The zero-order chi connectivity index (χ0) is 14.4. The first-order chi connectivity index (χ1) is 8.99. The summed E-state index contributed by atoms with van der Waals surface area (Å²) in [6, 6.07) is 2.53. The third kappa shape index (κ3) is 4.75. The molecule has 1 rings (SSSR count). The molecule has 0 heterocycles. The number of benzene rings is 1. The van der Waals surface area contributed by atoms with Gasteiger partial charge in [-0.3, -0.25) is 4.79 Å². The average Bonchev–Trinajstić information content (AvgIpc) is 2.35. The molecule has 19 heavy (non-hydrogen) atoms. The third-order valence-electron chi connectivity index (χ3n) is 2.24. The van der Waals surface area contributed by atoms with Crippen molar-refractivity contribution in [2.45, 2.75) is 23.5 Å². The van der Waals surface area contributed by atoms with Crippen LogP contribution in [0.4, 0.5) is 10.1 Å². The monoisotopic (exact) mass is 325 g/mol. The van der Waals surface area contributed by atoms with E-state index in [0.29, 0.717) is 17.2 Å². The Balaban J connectivity index is 2.90. The molecule has 2 N–H and O–H groups in total. The summed E-state index contributed by atoms with van der Waals surface area (Å²) in [5, 5.41) is -0.277. The van der Waals surface area contributed by atoms with Crippen molar-refractivity contribution in [2.24, 2.45) is 0 Å². The Labute approximate surface area is 125 Å². The topological polar surface area (TPSA) is 52.3 Å². The van der Waals surface area contributed by atoms with Crippen molar-refractivity contribution in [1.82, 2.24) is 0 Å². The van der Waals surface area contributed by atoms with Gasteiger partial charge in [0.05, 0.1) is 17.3 Å². The van der Waals surface area contributed by atoms with Crippen molar-refractivity contribution >= 4 is 46.6 Å². The lowest BCUT2D eigenvalue weighted by Crippen LogP contribution is -2.20. The van der Waals surface area contributed by atoms with Gasteiger partial charge in [0, 0.05) is 10.8 Å². The minimum absolute atomic E-state index is 0.0135. The second kappa shape index (κ2) is 7.82. The zero-order valence-corrected chi connectivity index (χ0v) is 12.6. The summed E-state index contributed by atoms with van der Waals surface area (Å²) in [4.78, 5) is 12.3. The summed E-state index contributed by atoms with van der Waals surface area (Å²) < 4.78 is 18.1. The molecule has 0 aliphatic heterocycles. The van der Waals surface area contributed by atoms with Crippen molar-refractivity contribution in [3.63, 3.8) is 0 Å². The van der Waals surface area contributed by atoms with E-state index >= 15 is 0 Å². The maximum Gasteiger partial charge on any atom is 0.319 e. The minimum Gasteiger partial charge on any atom is -0.465 e. The molecule has 1 aromatic carbocycles. The number of hydrogen-bond acceptors (Lipinski definition) is 4. The number of hydrogen-bond donors (Lipinski definition) is 1. The third-order valence-corrected chi connectivity index (χ3v) is 4.19. The summed E-state index contributed by atoms with van der Waals surface area (Å²) in [6.07, 6.45) is 0.429. The SMILES string of the molecule is CCOC(=O)C(CCCl)Sc1cc(N)c(F)cc1Cl. The zero-order valence-electron chi connectivity index (χ0n) is 10.3. The lowest BCUT2D eigenvalue weighted by molar-refractivity contribution is -0.142. The predicted molar refractivity (Wildman–Crippen MR) is 77.4 cm³/mol. The number of esters is 1. The molecule has 1 aromatic rings. The fraction of sp³-hybridized carbons (Fsp3) is 0.417. The molecule has 106 valence electrons. The maximum absolute atomic E-state index is 13.2. The predicted octanol–water partition coefficient (Wildman–Crippen LogP) is 3.71. The van der Waals surface area contributed by atoms with E-state index in [2.05, 4.69) is 0 Å². The fourth-order valence-corrected chi connectivity index (χ4v) is 3.05. The van der Waals surface area contributed by atoms with Gasteiger partial charge in [-0.15, -0.1) is 23.4 Å². The highest BCUT2D eigenvalue weighted by molar-refractivity contribution is 8.00. The number of halogens is 3. The molecular weight excluding hydrogens is 312 g/mol. The Hall–Kier alpha value is -0.650. The Bertz CT molecular complexity index is 460. The molecule has 0 spiro atoms. The van der Waals surface area contributed by atoms with Crippen LogP contribution >= 0.6 is 35.0 Å². The second-order valence-electron chi connectivity index (χ2n) is 3.64. The molecule has 1 atom stereocenters. The van der Waals surface area contributed by atoms with Crippen LogP contribution in [0.1, 0.15) is 13.3 Å². The molecule has 0 aliphatic carbocycles. The summed E-state index contributed by atoms with van der Waals surface area (Å²) in [7, 11) is 0. The highest BCUT2D eigenvalue weighted by Gasteiger charge is 2.22. The Kier molecular flexibility index (Phi) is 6.75. The van der Waals surface area contributed by atoms with Crippen LogP contribution in [0.5, 0.6) is 0 Å². The number of nitrogen functional groups attached to an aromatic ring is 1. The van der Waals surface area contributed by atoms with Gasteiger partial charge >= 0.3 is 5.97 Å². The quantitative estimate of drug-likeness (QED) is 0.375. The molecule has 1 unspecified atom stereocenters. The van der Waals surface area contributed by atoms with Gasteiger partial charge in [0.1, 0.15) is 11.1 Å². The van der Waals surface area contributed by atoms with E-state index in [0.717, 1.165) is 6.07 Å². The molecule has 3 nitrogen and oxygen atoms in total. The molecule has 0 fully saturated rings. The number of ether oxygens (including phenoxy) is 1. The molecule has 0 aliphatic rings. The Morgan fingerprint density at radius 3 is 2.84 bits per heavy atom. The summed E-state index contributed by atoms with van der Waals surface area (Å²) in [6.45, 7) is 2.01. The van der Waals surface area contributed by atoms with Crippen LogP contribution in [-0.2, 0) is 9.53 Å². The average molecular weight is 326 g/mol. The van der Waals surface area contributed by atoms with E-state index in [1.165, 1.54) is 17.8 Å². The normalized spacial score (nSPS) is 12.2. The van der Waals surface area contributed by atoms with Gasteiger partial charge in [0.15, 0.2) is 0 Å². The molecule has 0 bridgehead atoms. The summed E-state index contributed by atoms with van der Waals surface area (Å²) in [5.74, 6) is -0.642. The molecule has 0 saturated heterocycles. The van der Waals surface area contributed by atoms with Crippen LogP contribution in [0, 0.1) is 5.82 Å². The first-order valence-corrected chi connectivity index (χ1v) is 7.42. The van der Waals surface area contributed by atoms with Crippen molar-refractivity contribution in [2.75, 3.05) is 18.2 Å². The van der Waals surface area contributed by atoms with Gasteiger partial charge in [-0.25, -0.2) is 4.39 Å². The first-order valence-electron chi connectivity index (χ1n) is 5.63. The maximum atomic E-state index is 13.2. The van der Waals surface area contributed by atoms with Crippen LogP contribution in [0.15, 0.2) is 17.0 Å². The number of alkyl halides is 1. The standard InChI is InChI=1S/C12H14Cl2FNO2S/c1-2-18-12(17)10(3-4-13)19-11-6-9(16)8(15)5-7(11)14/h5-6,10H,2-4,16H2,1H3.